The SMILES string of the molecule is CCOC(=O)Cc1cc(OC(F)(F)F)cc(C#N)c1Cl. The molecule has 0 heterocycles. The molecule has 20 heavy (non-hydrogen) atoms. The van der Waals surface area contributed by atoms with Crippen molar-refractivity contribution in [1.29, 1.82) is 5.26 Å². The van der Waals surface area contributed by atoms with E-state index in [1.54, 1.807) is 13.0 Å². The van der Waals surface area contributed by atoms with Gasteiger partial charge in [0.05, 0.1) is 23.6 Å². The molecule has 0 atom stereocenters. The third kappa shape index (κ3) is 4.63. The summed E-state index contributed by atoms with van der Waals surface area (Å²) in [7, 11) is 0. The summed E-state index contributed by atoms with van der Waals surface area (Å²) in [5.74, 6) is -1.28. The van der Waals surface area contributed by atoms with Crippen LogP contribution >= 0.6 is 11.6 Å². The second-order valence-corrected chi connectivity index (χ2v) is 3.96. The Labute approximate surface area is 117 Å². The molecule has 0 aliphatic carbocycles. The van der Waals surface area contributed by atoms with Crippen molar-refractivity contribution >= 4 is 17.6 Å². The summed E-state index contributed by atoms with van der Waals surface area (Å²) in [6.45, 7) is 1.71. The predicted molar refractivity (Wildman–Crippen MR) is 63.2 cm³/mol. The molecule has 0 aliphatic rings. The van der Waals surface area contributed by atoms with Crippen LogP contribution in [0.3, 0.4) is 0 Å². The van der Waals surface area contributed by atoms with Gasteiger partial charge in [0, 0.05) is 0 Å². The lowest BCUT2D eigenvalue weighted by Gasteiger charge is -2.12. The summed E-state index contributed by atoms with van der Waals surface area (Å²) in [4.78, 5) is 11.3. The van der Waals surface area contributed by atoms with E-state index in [4.69, 9.17) is 16.9 Å². The zero-order valence-corrected chi connectivity index (χ0v) is 11.0. The highest BCUT2D eigenvalue weighted by Crippen LogP contribution is 2.30. The van der Waals surface area contributed by atoms with Gasteiger partial charge in [-0.1, -0.05) is 11.6 Å². The van der Waals surface area contributed by atoms with E-state index in [1.807, 2.05) is 0 Å². The van der Waals surface area contributed by atoms with Gasteiger partial charge in [-0.15, -0.1) is 13.2 Å². The molecule has 4 nitrogen and oxygen atoms in total. The van der Waals surface area contributed by atoms with Crippen LogP contribution in [0.15, 0.2) is 12.1 Å². The van der Waals surface area contributed by atoms with Crippen molar-refractivity contribution in [1.82, 2.24) is 0 Å². The summed E-state index contributed by atoms with van der Waals surface area (Å²) < 4.78 is 44.9. The number of alkyl halides is 3. The fourth-order valence-corrected chi connectivity index (χ4v) is 1.64. The number of benzene rings is 1. The number of halogens is 4. The van der Waals surface area contributed by atoms with Gasteiger partial charge in [-0.2, -0.15) is 5.26 Å². The van der Waals surface area contributed by atoms with E-state index in [2.05, 4.69) is 9.47 Å². The van der Waals surface area contributed by atoms with Gasteiger partial charge in [-0.25, -0.2) is 0 Å². The second kappa shape index (κ2) is 6.48. The number of hydrogen-bond donors (Lipinski definition) is 0. The van der Waals surface area contributed by atoms with Crippen LogP contribution in [-0.2, 0) is 16.0 Å². The average Bonchev–Trinajstić information content (AvgIpc) is 2.31. The van der Waals surface area contributed by atoms with Crippen molar-refractivity contribution < 1.29 is 27.4 Å². The smallest absolute Gasteiger partial charge is 0.466 e. The summed E-state index contributed by atoms with van der Waals surface area (Å²) in [6.07, 6.45) is -5.25. The molecule has 0 fully saturated rings. The van der Waals surface area contributed by atoms with E-state index in [-0.39, 0.29) is 29.2 Å². The molecule has 1 aromatic rings. The van der Waals surface area contributed by atoms with Gasteiger partial charge < -0.3 is 9.47 Å². The van der Waals surface area contributed by atoms with Crippen molar-refractivity contribution in [3.8, 4) is 11.8 Å². The largest absolute Gasteiger partial charge is 0.573 e. The molecule has 108 valence electrons. The van der Waals surface area contributed by atoms with Crippen LogP contribution in [-0.4, -0.2) is 18.9 Å². The lowest BCUT2D eigenvalue weighted by Crippen LogP contribution is -2.17. The van der Waals surface area contributed by atoms with Crippen molar-refractivity contribution in [2.24, 2.45) is 0 Å². The molecule has 0 saturated carbocycles. The van der Waals surface area contributed by atoms with Gasteiger partial charge in [-0.3, -0.25) is 4.79 Å². The Hall–Kier alpha value is -1.94. The highest BCUT2D eigenvalue weighted by molar-refractivity contribution is 6.32. The third-order valence-electron chi connectivity index (χ3n) is 2.12. The Bertz CT molecular complexity index is 552. The molecule has 0 aliphatic heterocycles. The number of hydrogen-bond acceptors (Lipinski definition) is 4. The molecule has 0 aromatic heterocycles. The second-order valence-electron chi connectivity index (χ2n) is 3.59. The Balaban J connectivity index is 3.13. The maximum atomic E-state index is 12.2. The first kappa shape index (κ1) is 16.1. The van der Waals surface area contributed by atoms with Crippen LogP contribution in [0.2, 0.25) is 5.02 Å². The molecular formula is C12H9ClF3NO3. The maximum Gasteiger partial charge on any atom is 0.573 e. The van der Waals surface area contributed by atoms with Gasteiger partial charge in [0.1, 0.15) is 11.8 Å². The zero-order valence-electron chi connectivity index (χ0n) is 10.3. The molecule has 0 saturated heterocycles. The normalized spacial score (nSPS) is 10.8. The van der Waals surface area contributed by atoms with E-state index in [9.17, 15) is 18.0 Å². The molecule has 0 bridgehead atoms. The maximum absolute atomic E-state index is 12.2. The predicted octanol–water partition coefficient (Wildman–Crippen LogP) is 3.22. The number of carbonyl (C=O) groups excluding carboxylic acids is 1. The number of nitriles is 1. The average molecular weight is 308 g/mol. The van der Waals surface area contributed by atoms with Crippen molar-refractivity contribution in [2.75, 3.05) is 6.61 Å². The minimum atomic E-state index is -4.90. The topological polar surface area (TPSA) is 59.3 Å². The van der Waals surface area contributed by atoms with E-state index in [0.717, 1.165) is 12.1 Å². The molecule has 0 amide bonds. The van der Waals surface area contributed by atoms with Crippen LogP contribution in [0, 0.1) is 11.3 Å². The summed E-state index contributed by atoms with van der Waals surface area (Å²) in [6, 6.07) is 3.44. The van der Waals surface area contributed by atoms with Gasteiger partial charge >= 0.3 is 12.3 Å². The minimum absolute atomic E-state index is 0.0309. The van der Waals surface area contributed by atoms with Gasteiger partial charge in [-0.05, 0) is 24.6 Å². The summed E-state index contributed by atoms with van der Waals surface area (Å²) in [5.41, 5.74) is -0.184. The number of ether oxygens (including phenoxy) is 2. The fraction of sp³-hybridized carbons (Fsp3) is 0.333. The van der Waals surface area contributed by atoms with Crippen molar-refractivity contribution in [3.05, 3.63) is 28.3 Å². The lowest BCUT2D eigenvalue weighted by atomic mass is 10.1. The van der Waals surface area contributed by atoms with Crippen LogP contribution in [0.4, 0.5) is 13.2 Å². The van der Waals surface area contributed by atoms with Crippen molar-refractivity contribution in [3.63, 3.8) is 0 Å². The number of rotatable bonds is 4. The first-order valence-electron chi connectivity index (χ1n) is 5.40. The van der Waals surface area contributed by atoms with Crippen LogP contribution in [0.5, 0.6) is 5.75 Å². The quantitative estimate of drug-likeness (QED) is 0.801. The monoisotopic (exact) mass is 307 g/mol. The van der Waals surface area contributed by atoms with E-state index >= 15 is 0 Å². The minimum Gasteiger partial charge on any atom is -0.466 e. The number of carbonyl (C=O) groups is 1. The number of esters is 1. The summed E-state index contributed by atoms with van der Waals surface area (Å²) >= 11 is 5.83. The molecule has 1 rings (SSSR count). The Morgan fingerprint density at radius 1 is 1.45 bits per heavy atom. The Kier molecular flexibility index (Phi) is 5.22. The molecule has 0 unspecified atom stereocenters. The van der Waals surface area contributed by atoms with Crippen LogP contribution in [0.25, 0.3) is 0 Å². The molecule has 1 aromatic carbocycles. The van der Waals surface area contributed by atoms with Gasteiger partial charge in [0.25, 0.3) is 0 Å². The number of nitrogens with zero attached hydrogens (tertiary/aromatic N) is 1. The molecule has 8 heteroatoms. The first-order chi connectivity index (χ1) is 9.26. The van der Waals surface area contributed by atoms with Gasteiger partial charge in [0.2, 0.25) is 0 Å². The van der Waals surface area contributed by atoms with E-state index in [0.29, 0.717) is 0 Å². The summed E-state index contributed by atoms with van der Waals surface area (Å²) in [5, 5.41) is 8.71. The fourth-order valence-electron chi connectivity index (χ4n) is 1.43. The molecule has 0 spiro atoms. The molecular weight excluding hydrogens is 299 g/mol. The standard InChI is InChI=1S/C12H9ClF3NO3/c1-2-19-10(18)5-7-3-9(20-12(14,15)16)4-8(6-17)11(7)13/h3-4H,2,5H2,1H3. The Morgan fingerprint density at radius 2 is 2.10 bits per heavy atom. The highest BCUT2D eigenvalue weighted by Gasteiger charge is 2.31. The van der Waals surface area contributed by atoms with Crippen LogP contribution in [0.1, 0.15) is 18.1 Å². The Morgan fingerprint density at radius 3 is 2.60 bits per heavy atom. The highest BCUT2D eigenvalue weighted by atomic mass is 35.5. The van der Waals surface area contributed by atoms with Crippen molar-refractivity contribution in [2.45, 2.75) is 19.7 Å². The van der Waals surface area contributed by atoms with E-state index < -0.39 is 18.1 Å². The van der Waals surface area contributed by atoms with Crippen LogP contribution < -0.4 is 4.74 Å². The van der Waals surface area contributed by atoms with Gasteiger partial charge in [0.15, 0.2) is 0 Å². The zero-order chi connectivity index (χ0) is 15.3. The molecule has 0 radical (unpaired) electrons. The van der Waals surface area contributed by atoms with E-state index in [1.165, 1.54) is 0 Å². The first-order valence-corrected chi connectivity index (χ1v) is 5.78. The third-order valence-corrected chi connectivity index (χ3v) is 2.56. The lowest BCUT2D eigenvalue weighted by molar-refractivity contribution is -0.274. The molecule has 0 N–H and O–H groups in total.